The Labute approximate surface area is 107 Å². The second-order valence-corrected chi connectivity index (χ2v) is 5.82. The maximum atomic E-state index is 15.0. The topological polar surface area (TPSA) is 35.5 Å². The Kier molecular flexibility index (Phi) is 3.02. The fourth-order valence-electron chi connectivity index (χ4n) is 2.05. The van der Waals surface area contributed by atoms with Crippen LogP contribution in [0.2, 0.25) is 0 Å². The molecular weight excluding hydrogens is 234 g/mol. The van der Waals surface area contributed by atoms with E-state index in [9.17, 15) is 4.79 Å². The van der Waals surface area contributed by atoms with E-state index < -0.39 is 29.8 Å². The summed E-state index contributed by atoms with van der Waals surface area (Å²) in [6.07, 6.45) is 6.68. The first-order chi connectivity index (χ1) is 8.23. The average Bonchev–Trinajstić information content (AvgIpc) is 2.49. The van der Waals surface area contributed by atoms with E-state index in [1.54, 1.807) is 12.2 Å². The lowest BCUT2D eigenvalue weighted by atomic mass is 9.61. The van der Waals surface area contributed by atoms with Crippen molar-refractivity contribution in [3.8, 4) is 0 Å². The zero-order valence-corrected chi connectivity index (χ0v) is 11.1. The monoisotopic (exact) mass is 252 g/mol. The molecule has 2 atom stereocenters. The molecule has 1 aliphatic heterocycles. The van der Waals surface area contributed by atoms with Crippen molar-refractivity contribution in [3.63, 3.8) is 0 Å². The molecule has 1 aliphatic carbocycles. The molecule has 0 bridgehead atoms. The Morgan fingerprint density at radius 1 is 1.17 bits per heavy atom. The van der Waals surface area contributed by atoms with Crippen LogP contribution >= 0.6 is 0 Å². The Hall–Kier alpha value is -0.935. The summed E-state index contributed by atoms with van der Waals surface area (Å²) in [6, 6.07) is 0. The molecule has 0 saturated carbocycles. The molecule has 2 rings (SSSR count). The van der Waals surface area contributed by atoms with Crippen molar-refractivity contribution in [3.05, 3.63) is 24.3 Å². The molecule has 1 saturated heterocycles. The van der Waals surface area contributed by atoms with Crippen LogP contribution < -0.4 is 0 Å². The molecule has 0 aromatic heterocycles. The Morgan fingerprint density at radius 2 is 1.72 bits per heavy atom. The number of hydrogen-bond acceptors (Lipinski definition) is 3. The SMILES string of the molecule is CC1(C)OB(C2(F)C=CC=CC2C=O)OC1(C)C. The van der Waals surface area contributed by atoms with Crippen LogP contribution in [0.25, 0.3) is 0 Å². The van der Waals surface area contributed by atoms with Crippen molar-refractivity contribution >= 4 is 13.4 Å². The van der Waals surface area contributed by atoms with Crippen LogP contribution in [0.3, 0.4) is 0 Å². The van der Waals surface area contributed by atoms with Gasteiger partial charge in [-0.2, -0.15) is 0 Å². The highest BCUT2D eigenvalue weighted by atomic mass is 19.1. The van der Waals surface area contributed by atoms with Gasteiger partial charge in [0.2, 0.25) is 0 Å². The highest BCUT2D eigenvalue weighted by Gasteiger charge is 2.62. The molecule has 18 heavy (non-hydrogen) atoms. The smallest absolute Gasteiger partial charge is 0.401 e. The van der Waals surface area contributed by atoms with Crippen LogP contribution in [0.15, 0.2) is 24.3 Å². The van der Waals surface area contributed by atoms with Crippen molar-refractivity contribution in [2.24, 2.45) is 5.92 Å². The van der Waals surface area contributed by atoms with Crippen LogP contribution in [0, 0.1) is 5.92 Å². The van der Waals surface area contributed by atoms with Gasteiger partial charge in [0.05, 0.1) is 17.1 Å². The second-order valence-electron chi connectivity index (χ2n) is 5.82. The summed E-state index contributed by atoms with van der Waals surface area (Å²) in [5.74, 6) is -0.878. The molecule has 0 radical (unpaired) electrons. The molecular formula is C13H18BFO3. The van der Waals surface area contributed by atoms with Crippen molar-refractivity contribution in [1.29, 1.82) is 0 Å². The third-order valence-corrected chi connectivity index (χ3v) is 4.05. The zero-order chi connectivity index (χ0) is 13.6. The van der Waals surface area contributed by atoms with E-state index in [0.29, 0.717) is 6.29 Å². The molecule has 2 unspecified atom stereocenters. The first kappa shape index (κ1) is 13.5. The quantitative estimate of drug-likeness (QED) is 0.558. The molecule has 2 aliphatic rings. The molecule has 5 heteroatoms. The van der Waals surface area contributed by atoms with Gasteiger partial charge >= 0.3 is 7.12 Å². The van der Waals surface area contributed by atoms with E-state index in [-0.39, 0.29) is 0 Å². The van der Waals surface area contributed by atoms with Crippen molar-refractivity contribution in [2.75, 3.05) is 0 Å². The van der Waals surface area contributed by atoms with E-state index in [0.717, 1.165) is 0 Å². The molecule has 0 aromatic carbocycles. The summed E-state index contributed by atoms with van der Waals surface area (Å²) in [5.41, 5.74) is -3.17. The maximum Gasteiger partial charge on any atom is 0.503 e. The summed E-state index contributed by atoms with van der Waals surface area (Å²) in [7, 11) is -1.07. The largest absolute Gasteiger partial charge is 0.503 e. The number of alkyl halides is 1. The van der Waals surface area contributed by atoms with E-state index in [1.807, 2.05) is 27.7 Å². The Balaban J connectivity index is 2.31. The number of rotatable bonds is 2. The maximum absolute atomic E-state index is 15.0. The summed E-state index contributed by atoms with van der Waals surface area (Å²) < 4.78 is 26.4. The van der Waals surface area contributed by atoms with Crippen LogP contribution in [0.1, 0.15) is 27.7 Å². The van der Waals surface area contributed by atoms with Gasteiger partial charge in [-0.15, -0.1) is 0 Å². The highest BCUT2D eigenvalue weighted by molar-refractivity contribution is 6.50. The Morgan fingerprint density at radius 3 is 2.22 bits per heavy atom. The van der Waals surface area contributed by atoms with Crippen molar-refractivity contribution in [2.45, 2.75) is 44.5 Å². The lowest BCUT2D eigenvalue weighted by Crippen LogP contribution is -2.49. The normalized spacial score (nSPS) is 36.9. The van der Waals surface area contributed by atoms with Crippen LogP contribution in [0.4, 0.5) is 4.39 Å². The van der Waals surface area contributed by atoms with Crippen molar-refractivity contribution < 1.29 is 18.5 Å². The molecule has 3 nitrogen and oxygen atoms in total. The summed E-state index contributed by atoms with van der Waals surface area (Å²) in [4.78, 5) is 11.0. The van der Waals surface area contributed by atoms with Gasteiger partial charge < -0.3 is 14.1 Å². The number of halogens is 1. The first-order valence-corrected chi connectivity index (χ1v) is 6.09. The third kappa shape index (κ3) is 1.86. The number of aldehydes is 1. The fraction of sp³-hybridized carbons (Fsp3) is 0.615. The fourth-order valence-corrected chi connectivity index (χ4v) is 2.05. The predicted octanol–water partition coefficient (Wildman–Crippen LogP) is 2.27. The number of allylic oxidation sites excluding steroid dienone is 4. The minimum absolute atomic E-state index is 0.588. The first-order valence-electron chi connectivity index (χ1n) is 6.09. The molecule has 0 N–H and O–H groups in total. The molecule has 0 spiro atoms. The summed E-state index contributed by atoms with van der Waals surface area (Å²) >= 11 is 0. The zero-order valence-electron chi connectivity index (χ0n) is 11.1. The number of carbonyl (C=O) groups excluding carboxylic acids is 1. The van der Waals surface area contributed by atoms with Crippen molar-refractivity contribution in [1.82, 2.24) is 0 Å². The minimum Gasteiger partial charge on any atom is -0.401 e. The number of hydrogen-bond donors (Lipinski definition) is 0. The molecule has 0 amide bonds. The molecule has 1 fully saturated rings. The average molecular weight is 252 g/mol. The van der Waals surface area contributed by atoms with E-state index in [1.165, 1.54) is 12.2 Å². The third-order valence-electron chi connectivity index (χ3n) is 4.05. The summed E-state index contributed by atoms with van der Waals surface area (Å²) in [6.45, 7) is 7.42. The van der Waals surface area contributed by atoms with Gasteiger partial charge in [-0.3, -0.25) is 0 Å². The van der Waals surface area contributed by atoms with Crippen LogP contribution in [-0.4, -0.2) is 30.2 Å². The van der Waals surface area contributed by atoms with E-state index in [4.69, 9.17) is 9.31 Å². The van der Waals surface area contributed by atoms with E-state index in [2.05, 4.69) is 0 Å². The van der Waals surface area contributed by atoms with Gasteiger partial charge in [-0.25, -0.2) is 4.39 Å². The van der Waals surface area contributed by atoms with Gasteiger partial charge in [0, 0.05) is 0 Å². The van der Waals surface area contributed by atoms with Gasteiger partial charge in [-0.1, -0.05) is 18.2 Å². The van der Waals surface area contributed by atoms with Crippen LogP contribution in [0.5, 0.6) is 0 Å². The van der Waals surface area contributed by atoms with Gasteiger partial charge in [0.15, 0.2) is 5.57 Å². The van der Waals surface area contributed by atoms with Gasteiger partial charge in [0.25, 0.3) is 0 Å². The van der Waals surface area contributed by atoms with E-state index >= 15 is 4.39 Å². The van der Waals surface area contributed by atoms with Gasteiger partial charge in [-0.05, 0) is 33.8 Å². The molecule has 1 heterocycles. The predicted molar refractivity (Wildman–Crippen MR) is 67.8 cm³/mol. The number of carbonyl (C=O) groups is 1. The summed E-state index contributed by atoms with van der Waals surface area (Å²) in [5, 5.41) is 0. The minimum atomic E-state index is -1.94. The molecule has 98 valence electrons. The molecule has 0 aromatic rings. The lowest BCUT2D eigenvalue weighted by molar-refractivity contribution is -0.111. The Bertz CT molecular complexity index is 400. The van der Waals surface area contributed by atoms with Gasteiger partial charge in [0.1, 0.15) is 6.29 Å². The van der Waals surface area contributed by atoms with Crippen LogP contribution in [-0.2, 0) is 14.1 Å². The second kappa shape index (κ2) is 4.03. The highest BCUT2D eigenvalue weighted by Crippen LogP contribution is 2.43. The standard InChI is InChI=1S/C13H18BFO3/c1-11(2)12(3,4)18-14(17-11)13(15)8-6-5-7-10(13)9-16/h5-10H,1-4H3. The lowest BCUT2D eigenvalue weighted by Gasteiger charge is -2.32.